The minimum atomic E-state index is 0.0133. The monoisotopic (exact) mass is 175 g/mol. The zero-order valence-electron chi connectivity index (χ0n) is 4.64. The first kappa shape index (κ1) is 7.44. The van der Waals surface area contributed by atoms with Crippen LogP contribution < -0.4 is 0 Å². The molecule has 0 atom stereocenters. The molecular weight excluding hydrogens is 175 g/mol. The minimum Gasteiger partial charge on any atom is -0.285 e. The lowest BCUT2D eigenvalue weighted by atomic mass is 10.3. The minimum absolute atomic E-state index is 0.0133. The maximum Gasteiger partial charge on any atom is 0.236 e. The topological polar surface area (TPSA) is 42.9 Å². The Morgan fingerprint density at radius 3 is 2.60 bits per heavy atom. The standard InChI is InChI=1S/C5HCl2N2O/c6-4-1-3(2-10)5(7)9-8-4/h1H. The fraction of sp³-hybridized carbons (Fsp3) is 0. The summed E-state index contributed by atoms with van der Waals surface area (Å²) in [6.45, 7) is 0. The lowest BCUT2D eigenvalue weighted by Crippen LogP contribution is -1.89. The van der Waals surface area contributed by atoms with Gasteiger partial charge in [-0.1, -0.05) is 23.2 Å². The van der Waals surface area contributed by atoms with Crippen molar-refractivity contribution >= 4 is 29.5 Å². The van der Waals surface area contributed by atoms with Crippen molar-refractivity contribution in [3.05, 3.63) is 21.9 Å². The molecule has 0 amide bonds. The van der Waals surface area contributed by atoms with Crippen molar-refractivity contribution in [2.24, 2.45) is 0 Å². The first-order valence-corrected chi connectivity index (χ1v) is 3.06. The molecule has 1 rings (SSSR count). The van der Waals surface area contributed by atoms with Crippen molar-refractivity contribution in [2.75, 3.05) is 0 Å². The van der Waals surface area contributed by atoms with Crippen molar-refractivity contribution in [3.8, 4) is 0 Å². The van der Waals surface area contributed by atoms with Crippen molar-refractivity contribution in [2.45, 2.75) is 0 Å². The summed E-state index contributed by atoms with van der Waals surface area (Å²) >= 11 is 10.8. The Hall–Kier alpha value is -0.670. The summed E-state index contributed by atoms with van der Waals surface area (Å²) in [6, 6.07) is 1.30. The fourth-order valence-electron chi connectivity index (χ4n) is 0.425. The summed E-state index contributed by atoms with van der Waals surface area (Å²) in [5.74, 6) is 0. The van der Waals surface area contributed by atoms with Gasteiger partial charge in [0.1, 0.15) is 0 Å². The van der Waals surface area contributed by atoms with E-state index in [1.165, 1.54) is 6.07 Å². The highest BCUT2D eigenvalue weighted by Crippen LogP contribution is 2.12. The first-order valence-electron chi connectivity index (χ1n) is 2.31. The summed E-state index contributed by atoms with van der Waals surface area (Å²) in [7, 11) is 0. The van der Waals surface area contributed by atoms with Gasteiger partial charge in [-0.05, 0) is 6.07 Å². The van der Waals surface area contributed by atoms with Gasteiger partial charge in [-0.2, -0.15) is 0 Å². The number of rotatable bonds is 1. The molecule has 0 N–H and O–H groups in total. The lowest BCUT2D eigenvalue weighted by Gasteiger charge is -1.90. The van der Waals surface area contributed by atoms with E-state index in [4.69, 9.17) is 23.2 Å². The van der Waals surface area contributed by atoms with E-state index >= 15 is 0 Å². The number of halogens is 2. The molecule has 1 aromatic heterocycles. The van der Waals surface area contributed by atoms with Crippen LogP contribution in [-0.4, -0.2) is 16.5 Å². The van der Waals surface area contributed by atoms with E-state index in [1.807, 2.05) is 0 Å². The molecule has 0 saturated carbocycles. The number of carbonyl (C=O) groups excluding carboxylic acids is 1. The normalized spacial score (nSPS) is 9.40. The molecular formula is C5HCl2N2O. The average molecular weight is 176 g/mol. The van der Waals surface area contributed by atoms with Gasteiger partial charge >= 0.3 is 0 Å². The van der Waals surface area contributed by atoms with E-state index in [2.05, 4.69) is 10.2 Å². The molecule has 0 aliphatic rings. The Morgan fingerprint density at radius 2 is 2.10 bits per heavy atom. The van der Waals surface area contributed by atoms with E-state index in [0.717, 1.165) is 0 Å². The number of hydrogen-bond donors (Lipinski definition) is 0. The van der Waals surface area contributed by atoms with Crippen LogP contribution in [0.5, 0.6) is 0 Å². The average Bonchev–Trinajstić information content (AvgIpc) is 1.94. The molecule has 1 heterocycles. The third kappa shape index (κ3) is 1.43. The fourth-order valence-corrected chi connectivity index (χ4v) is 0.702. The first-order chi connectivity index (χ1) is 4.74. The van der Waals surface area contributed by atoms with E-state index in [-0.39, 0.29) is 15.9 Å². The molecule has 51 valence electrons. The molecule has 0 bridgehead atoms. The van der Waals surface area contributed by atoms with Gasteiger partial charge in [0.2, 0.25) is 6.29 Å². The van der Waals surface area contributed by atoms with Crippen molar-refractivity contribution in [1.29, 1.82) is 0 Å². The third-order valence-electron chi connectivity index (χ3n) is 0.829. The molecule has 0 unspecified atom stereocenters. The number of nitrogens with zero attached hydrogens (tertiary/aromatic N) is 2. The Morgan fingerprint density at radius 1 is 1.40 bits per heavy atom. The molecule has 0 fully saturated rings. The predicted octanol–water partition coefficient (Wildman–Crippen LogP) is 1.24. The van der Waals surface area contributed by atoms with Crippen LogP contribution in [0.15, 0.2) is 6.07 Å². The van der Waals surface area contributed by atoms with Crippen LogP contribution in [0.1, 0.15) is 5.56 Å². The molecule has 5 heteroatoms. The SMILES string of the molecule is O=[C]c1cc(Cl)nnc1Cl. The second-order valence-corrected chi connectivity index (χ2v) is 2.22. The highest BCUT2D eigenvalue weighted by Gasteiger charge is 2.01. The number of hydrogen-bond acceptors (Lipinski definition) is 3. The third-order valence-corrected chi connectivity index (χ3v) is 1.29. The molecule has 0 aromatic carbocycles. The van der Waals surface area contributed by atoms with E-state index in [0.29, 0.717) is 0 Å². The van der Waals surface area contributed by atoms with Crippen LogP contribution in [0.25, 0.3) is 0 Å². The van der Waals surface area contributed by atoms with Crippen LogP contribution in [0.3, 0.4) is 0 Å². The lowest BCUT2D eigenvalue weighted by molar-refractivity contribution is 0.562. The van der Waals surface area contributed by atoms with E-state index < -0.39 is 0 Å². The Balaban J connectivity index is 3.21. The summed E-state index contributed by atoms with van der Waals surface area (Å²) in [4.78, 5) is 10.0. The van der Waals surface area contributed by atoms with E-state index in [1.54, 1.807) is 6.29 Å². The second-order valence-electron chi connectivity index (χ2n) is 1.47. The van der Waals surface area contributed by atoms with Gasteiger partial charge in [0.25, 0.3) is 0 Å². The zero-order chi connectivity index (χ0) is 7.56. The van der Waals surface area contributed by atoms with Crippen LogP contribution in [0.4, 0.5) is 0 Å². The van der Waals surface area contributed by atoms with Gasteiger partial charge in [-0.15, -0.1) is 10.2 Å². The zero-order valence-corrected chi connectivity index (χ0v) is 6.15. The van der Waals surface area contributed by atoms with Crippen LogP contribution >= 0.6 is 23.2 Å². The maximum atomic E-state index is 10.0. The number of aromatic nitrogens is 2. The summed E-state index contributed by atoms with van der Waals surface area (Å²) in [5, 5.41) is 6.90. The highest BCUT2D eigenvalue weighted by molar-refractivity contribution is 6.33. The van der Waals surface area contributed by atoms with Gasteiger partial charge < -0.3 is 0 Å². The highest BCUT2D eigenvalue weighted by atomic mass is 35.5. The quantitative estimate of drug-likeness (QED) is 0.646. The Labute approximate surface area is 67.0 Å². The molecule has 0 aliphatic heterocycles. The Bertz CT molecular complexity index is 264. The van der Waals surface area contributed by atoms with Gasteiger partial charge in [-0.25, -0.2) is 0 Å². The van der Waals surface area contributed by atoms with Crippen LogP contribution in [0.2, 0.25) is 10.3 Å². The second kappa shape index (κ2) is 2.94. The van der Waals surface area contributed by atoms with Crippen LogP contribution in [-0.2, 0) is 4.79 Å². The maximum absolute atomic E-state index is 10.0. The van der Waals surface area contributed by atoms with Gasteiger partial charge in [0, 0.05) is 0 Å². The molecule has 0 spiro atoms. The molecule has 1 radical (unpaired) electrons. The largest absolute Gasteiger partial charge is 0.285 e. The predicted molar refractivity (Wildman–Crippen MR) is 36.8 cm³/mol. The van der Waals surface area contributed by atoms with Gasteiger partial charge in [0.05, 0.1) is 5.56 Å². The van der Waals surface area contributed by atoms with E-state index in [9.17, 15) is 4.79 Å². The molecule has 1 aromatic rings. The molecule has 0 aliphatic carbocycles. The molecule has 10 heavy (non-hydrogen) atoms. The summed E-state index contributed by atoms with van der Waals surface area (Å²) < 4.78 is 0. The molecule has 0 saturated heterocycles. The molecule has 3 nitrogen and oxygen atoms in total. The summed E-state index contributed by atoms with van der Waals surface area (Å²) in [6.07, 6.45) is 1.57. The van der Waals surface area contributed by atoms with Crippen molar-refractivity contribution in [3.63, 3.8) is 0 Å². The smallest absolute Gasteiger partial charge is 0.236 e. The van der Waals surface area contributed by atoms with Gasteiger partial charge in [0.15, 0.2) is 10.3 Å². The van der Waals surface area contributed by atoms with Gasteiger partial charge in [-0.3, -0.25) is 4.79 Å². The van der Waals surface area contributed by atoms with Crippen LogP contribution in [0, 0.1) is 0 Å². The van der Waals surface area contributed by atoms with Crippen molar-refractivity contribution in [1.82, 2.24) is 10.2 Å². The summed E-state index contributed by atoms with van der Waals surface area (Å²) in [5.41, 5.74) is 0.127. The Kier molecular flexibility index (Phi) is 2.19. The van der Waals surface area contributed by atoms with Crippen molar-refractivity contribution < 1.29 is 4.79 Å².